The van der Waals surface area contributed by atoms with Crippen LogP contribution in [0.3, 0.4) is 0 Å². The normalized spacial score (nSPS) is 10.9. The first-order chi connectivity index (χ1) is 17.6. The van der Waals surface area contributed by atoms with Crippen molar-refractivity contribution in [1.82, 2.24) is 20.1 Å². The van der Waals surface area contributed by atoms with E-state index in [1.807, 2.05) is 71.5 Å². The van der Waals surface area contributed by atoms with Crippen molar-refractivity contribution < 1.29 is 19.0 Å². The highest BCUT2D eigenvalue weighted by Gasteiger charge is 2.20. The number of aromatic nitrogens is 3. The molecule has 3 aromatic carbocycles. The van der Waals surface area contributed by atoms with Crippen LogP contribution in [0.1, 0.15) is 16.1 Å². The number of aromatic amines is 1. The monoisotopic (exact) mass is 482 g/mol. The number of nitrogens with zero attached hydrogens (tertiary/aromatic N) is 2. The molecule has 2 N–H and O–H groups in total. The first kappa shape index (κ1) is 23.0. The maximum Gasteiger partial charge on any atom is 0.268 e. The molecule has 0 spiro atoms. The first-order valence-corrected chi connectivity index (χ1v) is 11.4. The van der Waals surface area contributed by atoms with Crippen molar-refractivity contribution in [3.05, 3.63) is 90.3 Å². The molecule has 5 rings (SSSR count). The Morgan fingerprint density at radius 1 is 0.917 bits per heavy atom. The average molecular weight is 483 g/mol. The standard InChI is InChI=1S/C28H26N4O4/c1-34-23-15-19-14-22(30-25(19)27(36-3)26(23)35-2)28(33)29-16-20-17-32(21-12-8-5-9-13-21)31-24(20)18-10-6-4-7-11-18/h4-15,17,30H,16H2,1-3H3,(H,29,33). The maximum absolute atomic E-state index is 13.1. The Kier molecular flexibility index (Phi) is 6.32. The molecule has 0 aliphatic heterocycles. The number of fused-ring (bicyclic) bond motifs is 1. The molecular weight excluding hydrogens is 456 g/mol. The Labute approximate surface area is 208 Å². The number of ether oxygens (including phenoxy) is 3. The molecule has 0 aliphatic carbocycles. The second-order valence-corrected chi connectivity index (χ2v) is 8.12. The van der Waals surface area contributed by atoms with Gasteiger partial charge in [-0.05, 0) is 24.3 Å². The van der Waals surface area contributed by atoms with Crippen LogP contribution in [0.15, 0.2) is 79.0 Å². The van der Waals surface area contributed by atoms with Gasteiger partial charge in [-0.15, -0.1) is 0 Å². The van der Waals surface area contributed by atoms with E-state index in [0.717, 1.165) is 27.9 Å². The number of para-hydroxylation sites is 1. The molecule has 8 heteroatoms. The molecular formula is C28H26N4O4. The molecule has 0 unspecified atom stereocenters. The largest absolute Gasteiger partial charge is 0.493 e. The summed E-state index contributed by atoms with van der Waals surface area (Å²) in [6.07, 6.45) is 1.95. The fraction of sp³-hybridized carbons (Fsp3) is 0.143. The third-order valence-corrected chi connectivity index (χ3v) is 5.96. The Balaban J connectivity index is 1.45. The van der Waals surface area contributed by atoms with Gasteiger partial charge in [0.05, 0.1) is 38.2 Å². The quantitative estimate of drug-likeness (QED) is 0.326. The number of H-pyrrole nitrogens is 1. The van der Waals surface area contributed by atoms with E-state index in [4.69, 9.17) is 19.3 Å². The number of carbonyl (C=O) groups is 1. The van der Waals surface area contributed by atoms with Crippen LogP contribution in [-0.2, 0) is 6.54 Å². The van der Waals surface area contributed by atoms with Crippen LogP contribution < -0.4 is 19.5 Å². The summed E-state index contributed by atoms with van der Waals surface area (Å²) >= 11 is 0. The highest BCUT2D eigenvalue weighted by molar-refractivity contribution is 6.01. The molecule has 0 fully saturated rings. The minimum atomic E-state index is -0.252. The lowest BCUT2D eigenvalue weighted by molar-refractivity contribution is 0.0947. The molecule has 0 saturated heterocycles. The van der Waals surface area contributed by atoms with E-state index < -0.39 is 0 Å². The number of hydrogen-bond acceptors (Lipinski definition) is 5. The average Bonchev–Trinajstić information content (AvgIpc) is 3.56. The van der Waals surface area contributed by atoms with Gasteiger partial charge in [-0.1, -0.05) is 48.5 Å². The summed E-state index contributed by atoms with van der Waals surface area (Å²) in [7, 11) is 4.65. The predicted molar refractivity (Wildman–Crippen MR) is 138 cm³/mol. The van der Waals surface area contributed by atoms with Crippen molar-refractivity contribution in [3.8, 4) is 34.2 Å². The van der Waals surface area contributed by atoms with E-state index in [9.17, 15) is 4.79 Å². The SMILES string of the molecule is COc1cc2cc(C(=O)NCc3cn(-c4ccccc4)nc3-c3ccccc3)[nH]c2c(OC)c1OC. The summed E-state index contributed by atoms with van der Waals surface area (Å²) < 4.78 is 18.3. The summed E-state index contributed by atoms with van der Waals surface area (Å²) in [4.78, 5) is 16.3. The van der Waals surface area contributed by atoms with Gasteiger partial charge < -0.3 is 24.5 Å². The highest BCUT2D eigenvalue weighted by Crippen LogP contribution is 2.43. The molecule has 0 bridgehead atoms. The first-order valence-electron chi connectivity index (χ1n) is 11.4. The van der Waals surface area contributed by atoms with E-state index in [1.165, 1.54) is 0 Å². The van der Waals surface area contributed by atoms with Crippen LogP contribution >= 0.6 is 0 Å². The van der Waals surface area contributed by atoms with E-state index in [2.05, 4.69) is 10.3 Å². The van der Waals surface area contributed by atoms with Gasteiger partial charge in [0.25, 0.3) is 5.91 Å². The molecule has 2 heterocycles. The van der Waals surface area contributed by atoms with Gasteiger partial charge in [0, 0.05) is 29.3 Å². The molecule has 1 amide bonds. The van der Waals surface area contributed by atoms with Crippen molar-refractivity contribution in [2.24, 2.45) is 0 Å². The zero-order valence-corrected chi connectivity index (χ0v) is 20.2. The Hall–Kier alpha value is -4.72. The lowest BCUT2D eigenvalue weighted by Gasteiger charge is -2.12. The number of hydrogen-bond donors (Lipinski definition) is 2. The van der Waals surface area contributed by atoms with Crippen LogP contribution in [-0.4, -0.2) is 42.0 Å². The van der Waals surface area contributed by atoms with Gasteiger partial charge >= 0.3 is 0 Å². The third-order valence-electron chi connectivity index (χ3n) is 5.96. The second kappa shape index (κ2) is 9.87. The van der Waals surface area contributed by atoms with Crippen molar-refractivity contribution in [1.29, 1.82) is 0 Å². The number of benzene rings is 3. The molecule has 2 aromatic heterocycles. The minimum absolute atomic E-state index is 0.252. The zero-order valence-electron chi connectivity index (χ0n) is 20.2. The molecule has 182 valence electrons. The van der Waals surface area contributed by atoms with Crippen molar-refractivity contribution >= 4 is 16.8 Å². The van der Waals surface area contributed by atoms with Crippen LogP contribution in [0.25, 0.3) is 27.8 Å². The number of rotatable bonds is 8. The summed E-state index contributed by atoms with van der Waals surface area (Å²) in [6.45, 7) is 0.301. The van der Waals surface area contributed by atoms with Gasteiger partial charge in [0.2, 0.25) is 5.75 Å². The maximum atomic E-state index is 13.1. The number of amides is 1. The van der Waals surface area contributed by atoms with Crippen LogP contribution in [0.4, 0.5) is 0 Å². The van der Waals surface area contributed by atoms with Gasteiger partial charge in [-0.25, -0.2) is 4.68 Å². The van der Waals surface area contributed by atoms with Crippen LogP contribution in [0.5, 0.6) is 17.2 Å². The molecule has 0 saturated carbocycles. The van der Waals surface area contributed by atoms with Gasteiger partial charge in [-0.2, -0.15) is 5.10 Å². The molecule has 8 nitrogen and oxygen atoms in total. The van der Waals surface area contributed by atoms with E-state index in [-0.39, 0.29) is 5.91 Å². The van der Waals surface area contributed by atoms with Crippen molar-refractivity contribution in [2.45, 2.75) is 6.54 Å². The van der Waals surface area contributed by atoms with E-state index in [0.29, 0.717) is 35.0 Å². The van der Waals surface area contributed by atoms with E-state index in [1.54, 1.807) is 33.5 Å². The number of methoxy groups -OCH3 is 3. The predicted octanol–water partition coefficient (Wildman–Crippen LogP) is 4.98. The fourth-order valence-corrected chi connectivity index (χ4v) is 4.23. The van der Waals surface area contributed by atoms with Gasteiger partial charge in [-0.3, -0.25) is 4.79 Å². The fourth-order valence-electron chi connectivity index (χ4n) is 4.23. The molecule has 0 radical (unpaired) electrons. The molecule has 0 aliphatic rings. The van der Waals surface area contributed by atoms with Crippen LogP contribution in [0, 0.1) is 0 Å². The number of nitrogens with one attached hydrogen (secondary N) is 2. The van der Waals surface area contributed by atoms with Crippen molar-refractivity contribution in [2.75, 3.05) is 21.3 Å². The highest BCUT2D eigenvalue weighted by atomic mass is 16.5. The summed E-state index contributed by atoms with van der Waals surface area (Å²) in [5.74, 6) is 1.20. The zero-order chi connectivity index (χ0) is 25.1. The van der Waals surface area contributed by atoms with Crippen LogP contribution in [0.2, 0.25) is 0 Å². The number of carbonyl (C=O) groups excluding carboxylic acids is 1. The Morgan fingerprint density at radius 2 is 1.61 bits per heavy atom. The Morgan fingerprint density at radius 3 is 2.28 bits per heavy atom. The summed E-state index contributed by atoms with van der Waals surface area (Å²) in [5, 5.41) is 8.60. The Bertz CT molecular complexity index is 1510. The summed E-state index contributed by atoms with van der Waals surface area (Å²) in [6, 6.07) is 23.4. The van der Waals surface area contributed by atoms with Gasteiger partial charge in [0.15, 0.2) is 11.5 Å². The molecule has 5 aromatic rings. The summed E-state index contributed by atoms with van der Waals surface area (Å²) in [5.41, 5.74) is 4.68. The molecule has 36 heavy (non-hydrogen) atoms. The second-order valence-electron chi connectivity index (χ2n) is 8.12. The van der Waals surface area contributed by atoms with Gasteiger partial charge in [0.1, 0.15) is 5.69 Å². The topological polar surface area (TPSA) is 90.4 Å². The smallest absolute Gasteiger partial charge is 0.268 e. The van der Waals surface area contributed by atoms with Crippen molar-refractivity contribution in [3.63, 3.8) is 0 Å². The minimum Gasteiger partial charge on any atom is -0.493 e. The van der Waals surface area contributed by atoms with E-state index >= 15 is 0 Å². The lowest BCUT2D eigenvalue weighted by Crippen LogP contribution is -2.23. The lowest BCUT2D eigenvalue weighted by atomic mass is 10.1. The third kappa shape index (κ3) is 4.24. The molecule has 0 atom stereocenters.